The van der Waals surface area contributed by atoms with Crippen LogP contribution in [-0.2, 0) is 4.79 Å². The predicted molar refractivity (Wildman–Crippen MR) is 66.5 cm³/mol. The molecule has 0 aliphatic heterocycles. The molecule has 1 rings (SSSR count). The van der Waals surface area contributed by atoms with E-state index in [-0.39, 0.29) is 6.04 Å². The minimum Gasteiger partial charge on any atom is -0.346 e. The molecular formula is C13H16F4N2O. The fraction of sp³-hybridized carbons (Fsp3) is 0.462. The highest BCUT2D eigenvalue weighted by Gasteiger charge is 2.28. The first kappa shape index (κ1) is 16.4. The number of alkyl halides is 3. The molecule has 0 fully saturated rings. The van der Waals surface area contributed by atoms with Gasteiger partial charge in [0.2, 0.25) is 5.91 Å². The average Bonchev–Trinajstić information content (AvgIpc) is 2.34. The standard InChI is InChI=1S/C13H16F4N2O/c1-8(10-4-3-5-11(14)6-10)19-9(2)12(20)18-7-13(15,16)17/h3-6,8-9,19H,7H2,1-2H3,(H,18,20). The number of benzene rings is 1. The fourth-order valence-electron chi connectivity index (χ4n) is 1.66. The molecule has 0 aromatic heterocycles. The third-order valence-corrected chi connectivity index (χ3v) is 2.71. The zero-order chi connectivity index (χ0) is 15.3. The number of rotatable bonds is 5. The van der Waals surface area contributed by atoms with Crippen molar-refractivity contribution in [2.45, 2.75) is 32.1 Å². The van der Waals surface area contributed by atoms with E-state index >= 15 is 0 Å². The van der Waals surface area contributed by atoms with Crippen molar-refractivity contribution in [3.8, 4) is 0 Å². The second-order valence-electron chi connectivity index (χ2n) is 4.50. The Hall–Kier alpha value is -1.63. The summed E-state index contributed by atoms with van der Waals surface area (Å²) in [5.74, 6) is -1.17. The summed E-state index contributed by atoms with van der Waals surface area (Å²) in [7, 11) is 0. The molecule has 1 aromatic rings. The summed E-state index contributed by atoms with van der Waals surface area (Å²) in [5.41, 5.74) is 0.612. The van der Waals surface area contributed by atoms with Gasteiger partial charge in [-0.25, -0.2) is 4.39 Å². The van der Waals surface area contributed by atoms with Crippen molar-refractivity contribution >= 4 is 5.91 Å². The number of nitrogens with one attached hydrogen (secondary N) is 2. The summed E-state index contributed by atoms with van der Waals surface area (Å²) in [6, 6.07) is 4.60. The summed E-state index contributed by atoms with van der Waals surface area (Å²) in [4.78, 5) is 11.5. The second kappa shape index (κ2) is 6.69. The van der Waals surface area contributed by atoms with Gasteiger partial charge in [0.05, 0.1) is 6.04 Å². The number of carbonyl (C=O) groups excluding carboxylic acids is 1. The Balaban J connectivity index is 2.53. The molecule has 1 amide bonds. The van der Waals surface area contributed by atoms with Crippen LogP contribution in [0.3, 0.4) is 0 Å². The second-order valence-corrected chi connectivity index (χ2v) is 4.50. The molecule has 20 heavy (non-hydrogen) atoms. The van der Waals surface area contributed by atoms with Crippen LogP contribution in [-0.4, -0.2) is 24.7 Å². The number of halogens is 4. The highest BCUT2D eigenvalue weighted by atomic mass is 19.4. The van der Waals surface area contributed by atoms with Gasteiger partial charge in [0.25, 0.3) is 0 Å². The van der Waals surface area contributed by atoms with Crippen molar-refractivity contribution in [3.63, 3.8) is 0 Å². The van der Waals surface area contributed by atoms with Crippen LogP contribution in [0.2, 0.25) is 0 Å². The van der Waals surface area contributed by atoms with Gasteiger partial charge >= 0.3 is 6.18 Å². The van der Waals surface area contributed by atoms with Crippen LogP contribution in [0.15, 0.2) is 24.3 Å². The van der Waals surface area contributed by atoms with E-state index in [0.29, 0.717) is 5.56 Å². The highest BCUT2D eigenvalue weighted by Crippen LogP contribution is 2.15. The van der Waals surface area contributed by atoms with Crippen LogP contribution in [0, 0.1) is 5.82 Å². The third-order valence-electron chi connectivity index (χ3n) is 2.71. The van der Waals surface area contributed by atoms with Gasteiger partial charge in [0.1, 0.15) is 12.4 Å². The minimum absolute atomic E-state index is 0.364. The summed E-state index contributed by atoms with van der Waals surface area (Å²) in [6.45, 7) is 1.77. The molecule has 2 unspecified atom stereocenters. The maximum Gasteiger partial charge on any atom is 0.405 e. The van der Waals surface area contributed by atoms with Gasteiger partial charge in [0, 0.05) is 6.04 Å². The zero-order valence-electron chi connectivity index (χ0n) is 11.1. The molecule has 0 heterocycles. The molecule has 0 spiro atoms. The van der Waals surface area contributed by atoms with Crippen LogP contribution < -0.4 is 10.6 Å². The summed E-state index contributed by atoms with van der Waals surface area (Å²) in [6.07, 6.45) is -4.44. The topological polar surface area (TPSA) is 41.1 Å². The van der Waals surface area contributed by atoms with Crippen molar-refractivity contribution in [1.29, 1.82) is 0 Å². The van der Waals surface area contributed by atoms with Crippen LogP contribution in [0.5, 0.6) is 0 Å². The largest absolute Gasteiger partial charge is 0.405 e. The Kier molecular flexibility index (Phi) is 5.50. The van der Waals surface area contributed by atoms with Crippen molar-refractivity contribution in [1.82, 2.24) is 10.6 Å². The van der Waals surface area contributed by atoms with E-state index in [0.717, 1.165) is 0 Å². The molecule has 0 aliphatic rings. The van der Waals surface area contributed by atoms with Crippen LogP contribution >= 0.6 is 0 Å². The van der Waals surface area contributed by atoms with Crippen molar-refractivity contribution in [2.24, 2.45) is 0 Å². The van der Waals surface area contributed by atoms with Gasteiger partial charge in [-0.1, -0.05) is 12.1 Å². The molecule has 3 nitrogen and oxygen atoms in total. The van der Waals surface area contributed by atoms with Gasteiger partial charge in [-0.2, -0.15) is 13.2 Å². The summed E-state index contributed by atoms with van der Waals surface area (Å²) < 4.78 is 49.0. The Morgan fingerprint density at radius 3 is 2.50 bits per heavy atom. The quantitative estimate of drug-likeness (QED) is 0.819. The first-order valence-corrected chi connectivity index (χ1v) is 6.05. The van der Waals surface area contributed by atoms with Crippen LogP contribution in [0.4, 0.5) is 17.6 Å². The van der Waals surface area contributed by atoms with Crippen molar-refractivity contribution < 1.29 is 22.4 Å². The Bertz CT molecular complexity index is 462. The van der Waals surface area contributed by atoms with Crippen molar-refractivity contribution in [2.75, 3.05) is 6.54 Å². The van der Waals surface area contributed by atoms with Gasteiger partial charge in [0.15, 0.2) is 0 Å². The summed E-state index contributed by atoms with van der Waals surface area (Å²) >= 11 is 0. The smallest absolute Gasteiger partial charge is 0.346 e. The average molecular weight is 292 g/mol. The van der Waals surface area contributed by atoms with E-state index in [4.69, 9.17) is 0 Å². The number of hydrogen-bond donors (Lipinski definition) is 2. The highest BCUT2D eigenvalue weighted by molar-refractivity contribution is 5.81. The van der Waals surface area contributed by atoms with Crippen LogP contribution in [0.1, 0.15) is 25.5 Å². The Morgan fingerprint density at radius 1 is 1.30 bits per heavy atom. The van der Waals surface area contributed by atoms with Gasteiger partial charge < -0.3 is 5.32 Å². The minimum atomic E-state index is -4.44. The first-order valence-electron chi connectivity index (χ1n) is 6.05. The molecule has 2 N–H and O–H groups in total. The van der Waals surface area contributed by atoms with Gasteiger partial charge in [-0.3, -0.25) is 10.1 Å². The fourth-order valence-corrected chi connectivity index (χ4v) is 1.66. The molecule has 0 aliphatic carbocycles. The number of amides is 1. The SMILES string of the molecule is CC(NC(C)c1cccc(F)c1)C(=O)NCC(F)(F)F. The number of carbonyl (C=O) groups is 1. The van der Waals surface area contributed by atoms with Crippen LogP contribution in [0.25, 0.3) is 0 Å². The van der Waals surface area contributed by atoms with E-state index < -0.39 is 30.5 Å². The molecule has 1 aromatic carbocycles. The first-order chi connectivity index (χ1) is 9.19. The van der Waals surface area contributed by atoms with E-state index in [1.165, 1.54) is 25.1 Å². The molecule has 2 atom stereocenters. The molecule has 0 saturated carbocycles. The molecular weight excluding hydrogens is 276 g/mol. The molecule has 0 saturated heterocycles. The lowest BCUT2D eigenvalue weighted by Crippen LogP contribution is -2.45. The monoisotopic (exact) mass is 292 g/mol. The van der Waals surface area contributed by atoms with Gasteiger partial charge in [-0.05, 0) is 31.5 Å². The van der Waals surface area contributed by atoms with E-state index in [2.05, 4.69) is 5.32 Å². The van der Waals surface area contributed by atoms with E-state index in [1.807, 2.05) is 0 Å². The third kappa shape index (κ3) is 5.56. The molecule has 0 bridgehead atoms. The summed E-state index contributed by atoms with van der Waals surface area (Å²) in [5, 5.41) is 4.60. The maximum atomic E-state index is 13.0. The Morgan fingerprint density at radius 2 is 1.95 bits per heavy atom. The van der Waals surface area contributed by atoms with E-state index in [9.17, 15) is 22.4 Å². The van der Waals surface area contributed by atoms with Crippen molar-refractivity contribution in [3.05, 3.63) is 35.6 Å². The van der Waals surface area contributed by atoms with Gasteiger partial charge in [-0.15, -0.1) is 0 Å². The maximum absolute atomic E-state index is 13.0. The Labute approximate surface area is 114 Å². The molecule has 7 heteroatoms. The van der Waals surface area contributed by atoms with E-state index in [1.54, 1.807) is 18.3 Å². The lowest BCUT2D eigenvalue weighted by molar-refractivity contribution is -0.139. The lowest BCUT2D eigenvalue weighted by atomic mass is 10.1. The normalized spacial score (nSPS) is 14.7. The number of hydrogen-bond acceptors (Lipinski definition) is 2. The lowest BCUT2D eigenvalue weighted by Gasteiger charge is -2.20. The molecule has 112 valence electrons. The predicted octanol–water partition coefficient (Wildman–Crippen LogP) is 2.54. The zero-order valence-corrected chi connectivity index (χ0v) is 11.1. The molecule has 0 radical (unpaired) electrons.